The lowest BCUT2D eigenvalue weighted by atomic mass is 10.1. The summed E-state index contributed by atoms with van der Waals surface area (Å²) < 4.78 is 18.3. The first-order chi connectivity index (χ1) is 13.0. The minimum atomic E-state index is -0.899. The van der Waals surface area contributed by atoms with Gasteiger partial charge in [0.1, 0.15) is 5.82 Å². The van der Waals surface area contributed by atoms with Crippen LogP contribution >= 0.6 is 0 Å². The van der Waals surface area contributed by atoms with E-state index >= 15 is 0 Å². The molecule has 27 heavy (non-hydrogen) atoms. The van der Waals surface area contributed by atoms with E-state index in [1.165, 1.54) is 17.1 Å². The fraction of sp³-hybridized carbons (Fsp3) is 0.200. The van der Waals surface area contributed by atoms with E-state index in [-0.39, 0.29) is 12.4 Å². The molecule has 0 aliphatic carbocycles. The van der Waals surface area contributed by atoms with Crippen LogP contribution in [0.25, 0.3) is 0 Å². The number of carbonyl (C=O) groups is 1. The third kappa shape index (κ3) is 4.92. The van der Waals surface area contributed by atoms with Crippen LogP contribution in [0.1, 0.15) is 18.1 Å². The van der Waals surface area contributed by atoms with Crippen LogP contribution < -0.4 is 5.32 Å². The van der Waals surface area contributed by atoms with Gasteiger partial charge in [-0.2, -0.15) is 5.10 Å². The summed E-state index contributed by atoms with van der Waals surface area (Å²) in [5.41, 5.74) is 2.60. The minimum absolute atomic E-state index is 0.287. The molecule has 1 amide bonds. The number of hydrogen-bond acceptors (Lipinski definition) is 5. The molecule has 1 atom stereocenters. The standard InChI is InChI=1S/C20H20FN3O3/c1-2-27-20(26)22-17-8-3-5-14(11-17)13-24-19(25)10-9-18(23-24)15-6-4-7-16(21)12-15/h3-12,19,25H,2,13H2,1H3,(H,22,26). The van der Waals surface area contributed by atoms with E-state index in [1.54, 1.807) is 49.4 Å². The summed E-state index contributed by atoms with van der Waals surface area (Å²) >= 11 is 0. The van der Waals surface area contributed by atoms with Crippen LogP contribution in [0.4, 0.5) is 14.9 Å². The zero-order valence-electron chi connectivity index (χ0n) is 14.8. The summed E-state index contributed by atoms with van der Waals surface area (Å²) in [5.74, 6) is -0.348. The number of hydrazone groups is 1. The summed E-state index contributed by atoms with van der Waals surface area (Å²) in [6.45, 7) is 2.33. The van der Waals surface area contributed by atoms with Gasteiger partial charge < -0.3 is 9.84 Å². The highest BCUT2D eigenvalue weighted by Crippen LogP contribution is 2.18. The van der Waals surface area contributed by atoms with E-state index in [1.807, 2.05) is 6.07 Å². The van der Waals surface area contributed by atoms with Gasteiger partial charge in [0.25, 0.3) is 0 Å². The van der Waals surface area contributed by atoms with Gasteiger partial charge in [0.05, 0.1) is 18.9 Å². The monoisotopic (exact) mass is 369 g/mol. The number of nitrogens with zero attached hydrogens (tertiary/aromatic N) is 2. The SMILES string of the molecule is CCOC(=O)Nc1cccc(CN2N=C(c3cccc(F)c3)C=CC2O)c1. The average Bonchev–Trinajstić information content (AvgIpc) is 2.64. The third-order valence-electron chi connectivity index (χ3n) is 3.88. The van der Waals surface area contributed by atoms with E-state index in [9.17, 15) is 14.3 Å². The Morgan fingerprint density at radius 3 is 2.89 bits per heavy atom. The van der Waals surface area contributed by atoms with Gasteiger partial charge in [0.2, 0.25) is 0 Å². The predicted molar refractivity (Wildman–Crippen MR) is 101 cm³/mol. The number of hydrogen-bond donors (Lipinski definition) is 2. The smallest absolute Gasteiger partial charge is 0.411 e. The number of nitrogens with one attached hydrogen (secondary N) is 1. The van der Waals surface area contributed by atoms with Crippen LogP contribution in [0, 0.1) is 5.82 Å². The summed E-state index contributed by atoms with van der Waals surface area (Å²) in [7, 11) is 0. The number of amides is 1. The first-order valence-electron chi connectivity index (χ1n) is 8.55. The normalized spacial score (nSPS) is 16.0. The Hall–Kier alpha value is -3.19. The second kappa shape index (κ2) is 8.46. The Kier molecular flexibility index (Phi) is 5.83. The molecule has 0 fully saturated rings. The van der Waals surface area contributed by atoms with E-state index in [2.05, 4.69) is 10.4 Å². The van der Waals surface area contributed by atoms with Crippen molar-refractivity contribution in [1.82, 2.24) is 5.01 Å². The Bertz CT molecular complexity index is 882. The van der Waals surface area contributed by atoms with Crippen LogP contribution in [0.5, 0.6) is 0 Å². The zero-order valence-corrected chi connectivity index (χ0v) is 14.8. The number of anilines is 1. The molecule has 0 aromatic heterocycles. The van der Waals surface area contributed by atoms with Crippen LogP contribution in [-0.4, -0.2) is 34.8 Å². The molecule has 0 bridgehead atoms. The molecule has 7 heteroatoms. The number of ether oxygens (including phenoxy) is 1. The van der Waals surface area contributed by atoms with Crippen molar-refractivity contribution in [1.29, 1.82) is 0 Å². The fourth-order valence-corrected chi connectivity index (χ4v) is 2.66. The van der Waals surface area contributed by atoms with Gasteiger partial charge in [-0.05, 0) is 48.9 Å². The van der Waals surface area contributed by atoms with Gasteiger partial charge in [-0.15, -0.1) is 0 Å². The van der Waals surface area contributed by atoms with Gasteiger partial charge in [0.15, 0.2) is 6.23 Å². The zero-order chi connectivity index (χ0) is 19.2. The molecular weight excluding hydrogens is 349 g/mol. The lowest BCUT2D eigenvalue weighted by molar-refractivity contribution is 0.0358. The van der Waals surface area contributed by atoms with Crippen LogP contribution in [0.15, 0.2) is 65.8 Å². The summed E-state index contributed by atoms with van der Waals surface area (Å²) in [4.78, 5) is 11.5. The quantitative estimate of drug-likeness (QED) is 0.846. The molecule has 2 aromatic carbocycles. The largest absolute Gasteiger partial charge is 0.450 e. The number of halogens is 1. The van der Waals surface area contributed by atoms with E-state index in [4.69, 9.17) is 4.74 Å². The van der Waals surface area contributed by atoms with Crippen LogP contribution in [0.2, 0.25) is 0 Å². The Morgan fingerprint density at radius 1 is 1.30 bits per heavy atom. The molecule has 2 N–H and O–H groups in total. The van der Waals surface area contributed by atoms with E-state index in [0.717, 1.165) is 5.56 Å². The van der Waals surface area contributed by atoms with Crippen molar-refractivity contribution in [3.05, 3.63) is 77.6 Å². The minimum Gasteiger partial charge on any atom is -0.450 e. The number of allylic oxidation sites excluding steroid dienone is 1. The van der Waals surface area contributed by atoms with Gasteiger partial charge in [-0.3, -0.25) is 10.3 Å². The number of aliphatic hydroxyl groups is 1. The molecule has 0 radical (unpaired) electrons. The average molecular weight is 369 g/mol. The molecule has 1 aliphatic rings. The molecule has 3 rings (SSSR count). The molecule has 2 aromatic rings. The van der Waals surface area contributed by atoms with Gasteiger partial charge in [-0.1, -0.05) is 24.3 Å². The highest BCUT2D eigenvalue weighted by molar-refractivity contribution is 6.08. The van der Waals surface area contributed by atoms with Crippen molar-refractivity contribution in [2.75, 3.05) is 11.9 Å². The topological polar surface area (TPSA) is 74.2 Å². The van der Waals surface area contributed by atoms with Gasteiger partial charge >= 0.3 is 6.09 Å². The molecule has 140 valence electrons. The number of aliphatic hydroxyl groups excluding tert-OH is 1. The predicted octanol–water partition coefficient (Wildman–Crippen LogP) is 3.49. The molecule has 1 aliphatic heterocycles. The number of benzene rings is 2. The summed E-state index contributed by atoms with van der Waals surface area (Å²) in [5, 5.41) is 18.8. The second-order valence-electron chi connectivity index (χ2n) is 5.91. The third-order valence-corrected chi connectivity index (χ3v) is 3.88. The Morgan fingerprint density at radius 2 is 2.11 bits per heavy atom. The van der Waals surface area contributed by atoms with E-state index in [0.29, 0.717) is 23.5 Å². The number of rotatable bonds is 5. The Labute approximate surface area is 156 Å². The second-order valence-corrected chi connectivity index (χ2v) is 5.91. The van der Waals surface area contributed by atoms with Crippen molar-refractivity contribution in [3.8, 4) is 0 Å². The molecule has 0 saturated carbocycles. The molecular formula is C20H20FN3O3. The molecule has 1 unspecified atom stereocenters. The highest BCUT2D eigenvalue weighted by atomic mass is 19.1. The maximum Gasteiger partial charge on any atom is 0.411 e. The first-order valence-corrected chi connectivity index (χ1v) is 8.55. The van der Waals surface area contributed by atoms with Gasteiger partial charge in [-0.25, -0.2) is 9.18 Å². The van der Waals surface area contributed by atoms with Crippen LogP contribution in [-0.2, 0) is 11.3 Å². The van der Waals surface area contributed by atoms with Crippen molar-refractivity contribution in [2.24, 2.45) is 5.10 Å². The van der Waals surface area contributed by atoms with E-state index < -0.39 is 12.3 Å². The molecule has 1 heterocycles. The van der Waals surface area contributed by atoms with Crippen LogP contribution in [0.3, 0.4) is 0 Å². The Balaban J connectivity index is 1.76. The van der Waals surface area contributed by atoms with Crippen molar-refractivity contribution < 1.29 is 19.0 Å². The van der Waals surface area contributed by atoms with Crippen molar-refractivity contribution in [2.45, 2.75) is 19.7 Å². The molecule has 0 saturated heterocycles. The first kappa shape index (κ1) is 18.6. The maximum absolute atomic E-state index is 13.5. The maximum atomic E-state index is 13.5. The van der Waals surface area contributed by atoms with Crippen molar-refractivity contribution in [3.63, 3.8) is 0 Å². The summed E-state index contributed by atoms with van der Waals surface area (Å²) in [6, 6.07) is 13.3. The molecule has 6 nitrogen and oxygen atoms in total. The van der Waals surface area contributed by atoms with Gasteiger partial charge in [0, 0.05) is 11.3 Å². The lowest BCUT2D eigenvalue weighted by Crippen LogP contribution is -2.32. The fourth-order valence-electron chi connectivity index (χ4n) is 2.66. The summed E-state index contributed by atoms with van der Waals surface area (Å²) in [6.07, 6.45) is 1.83. The van der Waals surface area contributed by atoms with Crippen molar-refractivity contribution >= 4 is 17.5 Å². The molecule has 0 spiro atoms. The highest BCUT2D eigenvalue weighted by Gasteiger charge is 2.18. The number of carbonyl (C=O) groups excluding carboxylic acids is 1. The lowest BCUT2D eigenvalue weighted by Gasteiger charge is -2.27.